The Kier molecular flexibility index (Phi) is 7.48. The molecule has 0 unspecified atom stereocenters. The van der Waals surface area contributed by atoms with Gasteiger partial charge in [0.25, 0.3) is 0 Å². The van der Waals surface area contributed by atoms with Crippen LogP contribution in [0.5, 0.6) is 0 Å². The molecule has 20 heavy (non-hydrogen) atoms. The summed E-state index contributed by atoms with van der Waals surface area (Å²) < 4.78 is 26.9. The lowest BCUT2D eigenvalue weighted by molar-refractivity contribution is 0.236. The molecule has 1 aliphatic rings. The van der Waals surface area contributed by atoms with Crippen LogP contribution in [0.1, 0.15) is 59.3 Å². The largest absolute Gasteiger partial charge is 0.316 e. The highest BCUT2D eigenvalue weighted by Gasteiger charge is 2.35. The van der Waals surface area contributed by atoms with E-state index < -0.39 is 10.0 Å². The van der Waals surface area contributed by atoms with Crippen molar-refractivity contribution >= 4 is 10.0 Å². The second-order valence-electron chi connectivity index (χ2n) is 6.70. The Morgan fingerprint density at radius 3 is 2.35 bits per heavy atom. The van der Waals surface area contributed by atoms with Crippen LogP contribution in [0.4, 0.5) is 0 Å². The molecular formula is C15H32N2O2S. The van der Waals surface area contributed by atoms with Crippen LogP contribution in [-0.4, -0.2) is 33.8 Å². The minimum absolute atomic E-state index is 0.185. The van der Waals surface area contributed by atoms with Gasteiger partial charge < -0.3 is 5.32 Å². The van der Waals surface area contributed by atoms with Crippen molar-refractivity contribution in [2.75, 3.05) is 25.4 Å². The topological polar surface area (TPSA) is 58.2 Å². The zero-order valence-corrected chi connectivity index (χ0v) is 14.2. The Labute approximate surface area is 125 Å². The zero-order chi connectivity index (χ0) is 15.1. The number of sulfonamides is 1. The van der Waals surface area contributed by atoms with Gasteiger partial charge in [0, 0.05) is 13.1 Å². The third-order valence-electron chi connectivity index (χ3n) is 4.15. The second kappa shape index (κ2) is 8.35. The van der Waals surface area contributed by atoms with Crippen molar-refractivity contribution < 1.29 is 8.42 Å². The van der Waals surface area contributed by atoms with Crippen molar-refractivity contribution in [2.24, 2.45) is 11.3 Å². The van der Waals surface area contributed by atoms with Crippen molar-refractivity contribution in [2.45, 2.75) is 59.3 Å². The Morgan fingerprint density at radius 1 is 1.15 bits per heavy atom. The van der Waals surface area contributed by atoms with Crippen LogP contribution in [0, 0.1) is 11.3 Å². The fraction of sp³-hybridized carbons (Fsp3) is 1.00. The van der Waals surface area contributed by atoms with E-state index in [1.54, 1.807) is 0 Å². The lowest BCUT2D eigenvalue weighted by atomic mass is 9.79. The van der Waals surface area contributed by atoms with E-state index in [2.05, 4.69) is 30.8 Å². The molecule has 120 valence electrons. The van der Waals surface area contributed by atoms with E-state index in [0.717, 1.165) is 19.4 Å². The summed E-state index contributed by atoms with van der Waals surface area (Å²) in [6.45, 7) is 8.58. The summed E-state index contributed by atoms with van der Waals surface area (Å²) in [5.41, 5.74) is 0.206. The molecule has 0 saturated heterocycles. The molecule has 1 rings (SSSR count). The molecule has 1 fully saturated rings. The van der Waals surface area contributed by atoms with E-state index in [4.69, 9.17) is 0 Å². The number of nitrogens with one attached hydrogen (secondary N) is 2. The molecular weight excluding hydrogens is 272 g/mol. The molecule has 0 heterocycles. The summed E-state index contributed by atoms with van der Waals surface area (Å²) in [5, 5.41) is 3.14. The normalized spacial score (nSPS) is 18.8. The van der Waals surface area contributed by atoms with Gasteiger partial charge in [-0.05, 0) is 43.6 Å². The van der Waals surface area contributed by atoms with E-state index in [-0.39, 0.29) is 11.2 Å². The van der Waals surface area contributed by atoms with Crippen molar-refractivity contribution in [3.8, 4) is 0 Å². The summed E-state index contributed by atoms with van der Waals surface area (Å²) in [6.07, 6.45) is 6.98. The van der Waals surface area contributed by atoms with Crippen molar-refractivity contribution in [1.82, 2.24) is 10.0 Å². The molecule has 4 nitrogen and oxygen atoms in total. The summed E-state index contributed by atoms with van der Waals surface area (Å²) in [5.74, 6) is 0.814. The molecule has 0 amide bonds. The lowest BCUT2D eigenvalue weighted by Crippen LogP contribution is -2.39. The van der Waals surface area contributed by atoms with E-state index in [1.165, 1.54) is 25.7 Å². The molecule has 0 spiro atoms. The standard InChI is InChI=1S/C15H32N2O2S/c1-4-9-16-10-11-20(18,19)17-13-15(12-14(2)3)7-5-6-8-15/h14,16-17H,4-13H2,1-3H3. The third kappa shape index (κ3) is 6.55. The Balaban J connectivity index is 2.42. The highest BCUT2D eigenvalue weighted by molar-refractivity contribution is 7.89. The minimum Gasteiger partial charge on any atom is -0.316 e. The fourth-order valence-electron chi connectivity index (χ4n) is 3.29. The molecule has 0 aromatic carbocycles. The Hall–Kier alpha value is -0.130. The van der Waals surface area contributed by atoms with Gasteiger partial charge in [-0.15, -0.1) is 0 Å². The van der Waals surface area contributed by atoms with Crippen LogP contribution in [0.3, 0.4) is 0 Å². The highest BCUT2D eigenvalue weighted by atomic mass is 32.2. The summed E-state index contributed by atoms with van der Waals surface area (Å²) in [7, 11) is -3.14. The molecule has 0 aliphatic heterocycles. The van der Waals surface area contributed by atoms with Gasteiger partial charge in [-0.25, -0.2) is 13.1 Å². The number of rotatable bonds is 10. The summed E-state index contributed by atoms with van der Waals surface area (Å²) >= 11 is 0. The average molecular weight is 305 g/mol. The summed E-state index contributed by atoms with van der Waals surface area (Å²) in [6, 6.07) is 0. The van der Waals surface area contributed by atoms with Gasteiger partial charge in [-0.3, -0.25) is 0 Å². The molecule has 0 bridgehead atoms. The number of hydrogen-bond donors (Lipinski definition) is 2. The van der Waals surface area contributed by atoms with Crippen LogP contribution in [0.15, 0.2) is 0 Å². The zero-order valence-electron chi connectivity index (χ0n) is 13.4. The Bertz CT molecular complexity index is 360. The molecule has 0 atom stereocenters. The monoisotopic (exact) mass is 304 g/mol. The molecule has 0 aromatic rings. The first-order valence-electron chi connectivity index (χ1n) is 8.07. The van der Waals surface area contributed by atoms with Crippen molar-refractivity contribution in [1.29, 1.82) is 0 Å². The molecule has 5 heteroatoms. The predicted molar refractivity (Wildman–Crippen MR) is 85.3 cm³/mol. The van der Waals surface area contributed by atoms with Crippen LogP contribution in [-0.2, 0) is 10.0 Å². The van der Waals surface area contributed by atoms with Gasteiger partial charge in [0.2, 0.25) is 10.0 Å². The van der Waals surface area contributed by atoms with Crippen molar-refractivity contribution in [3.63, 3.8) is 0 Å². The third-order valence-corrected chi connectivity index (χ3v) is 5.47. The van der Waals surface area contributed by atoms with Gasteiger partial charge in [-0.2, -0.15) is 0 Å². The maximum absolute atomic E-state index is 12.0. The SMILES string of the molecule is CCCNCCS(=O)(=O)NCC1(CC(C)C)CCCC1. The lowest BCUT2D eigenvalue weighted by Gasteiger charge is -2.31. The predicted octanol–water partition coefficient (Wildman–Crippen LogP) is 2.51. The van der Waals surface area contributed by atoms with Crippen LogP contribution >= 0.6 is 0 Å². The van der Waals surface area contributed by atoms with Crippen molar-refractivity contribution in [3.05, 3.63) is 0 Å². The first kappa shape index (κ1) is 17.9. The quantitative estimate of drug-likeness (QED) is 0.610. The van der Waals surface area contributed by atoms with E-state index >= 15 is 0 Å². The van der Waals surface area contributed by atoms with Crippen LogP contribution in [0.25, 0.3) is 0 Å². The fourth-order valence-corrected chi connectivity index (χ4v) is 4.37. The first-order chi connectivity index (χ1) is 9.39. The molecule has 2 N–H and O–H groups in total. The average Bonchev–Trinajstić information content (AvgIpc) is 2.81. The Morgan fingerprint density at radius 2 is 1.80 bits per heavy atom. The van der Waals surface area contributed by atoms with Gasteiger partial charge in [-0.1, -0.05) is 33.6 Å². The molecule has 1 aliphatic carbocycles. The van der Waals surface area contributed by atoms with Crippen LogP contribution in [0.2, 0.25) is 0 Å². The highest BCUT2D eigenvalue weighted by Crippen LogP contribution is 2.42. The van der Waals surface area contributed by atoms with Gasteiger partial charge in [0.05, 0.1) is 5.75 Å². The second-order valence-corrected chi connectivity index (χ2v) is 8.62. The molecule has 0 aromatic heterocycles. The molecule has 0 radical (unpaired) electrons. The van der Waals surface area contributed by atoms with Crippen LogP contribution < -0.4 is 10.0 Å². The van der Waals surface area contributed by atoms with E-state index in [9.17, 15) is 8.42 Å². The minimum atomic E-state index is -3.14. The van der Waals surface area contributed by atoms with Gasteiger partial charge in [0.15, 0.2) is 0 Å². The molecule has 1 saturated carbocycles. The van der Waals surface area contributed by atoms with E-state index in [0.29, 0.717) is 19.0 Å². The van der Waals surface area contributed by atoms with E-state index in [1.807, 2.05) is 0 Å². The maximum atomic E-state index is 12.0. The smallest absolute Gasteiger partial charge is 0.212 e. The maximum Gasteiger partial charge on any atom is 0.212 e. The first-order valence-corrected chi connectivity index (χ1v) is 9.72. The van der Waals surface area contributed by atoms with Gasteiger partial charge >= 0.3 is 0 Å². The summed E-state index contributed by atoms with van der Waals surface area (Å²) in [4.78, 5) is 0. The van der Waals surface area contributed by atoms with Gasteiger partial charge in [0.1, 0.15) is 0 Å². The number of hydrogen-bond acceptors (Lipinski definition) is 3.